The van der Waals surface area contributed by atoms with Crippen LogP contribution in [0.3, 0.4) is 0 Å². The van der Waals surface area contributed by atoms with E-state index < -0.39 is 0 Å². The minimum absolute atomic E-state index is 0.342. The van der Waals surface area contributed by atoms with Gasteiger partial charge >= 0.3 is 0 Å². The van der Waals surface area contributed by atoms with Gasteiger partial charge in [0, 0.05) is 18.0 Å². The van der Waals surface area contributed by atoms with E-state index in [1.54, 1.807) is 6.92 Å². The highest BCUT2D eigenvalue weighted by Crippen LogP contribution is 2.22. The van der Waals surface area contributed by atoms with Crippen LogP contribution in [0.15, 0.2) is 22.7 Å². The topological polar surface area (TPSA) is 56.7 Å². The molecule has 0 atom stereocenters. The molecule has 0 fully saturated rings. The minimum atomic E-state index is 0.342. The van der Waals surface area contributed by atoms with Crippen LogP contribution in [0, 0.1) is 6.92 Å². The fraction of sp³-hybridized carbons (Fsp3) is 0.308. The molecule has 0 amide bonds. The fourth-order valence-corrected chi connectivity index (χ4v) is 2.52. The molecule has 3 aromatic rings. The van der Waals surface area contributed by atoms with Crippen molar-refractivity contribution in [3.63, 3.8) is 0 Å². The van der Waals surface area contributed by atoms with E-state index in [4.69, 9.17) is 27.7 Å². The number of halogens is 2. The lowest BCUT2D eigenvalue weighted by Crippen LogP contribution is -2.05. The molecule has 0 aliphatic heterocycles. The van der Waals surface area contributed by atoms with E-state index in [1.165, 1.54) is 0 Å². The van der Waals surface area contributed by atoms with Crippen molar-refractivity contribution in [1.82, 2.24) is 19.7 Å². The van der Waals surface area contributed by atoms with E-state index in [-0.39, 0.29) is 0 Å². The summed E-state index contributed by atoms with van der Waals surface area (Å²) >= 11 is 11.9. The maximum atomic E-state index is 5.98. The molecular weight excluding hydrogens is 299 g/mol. The number of benzene rings is 1. The molecule has 0 saturated heterocycles. The summed E-state index contributed by atoms with van der Waals surface area (Å²) in [5.74, 6) is 2.40. The Bertz CT molecular complexity index is 750. The van der Waals surface area contributed by atoms with Gasteiger partial charge in [-0.3, -0.25) is 0 Å². The average Bonchev–Trinajstić information content (AvgIpc) is 2.99. The zero-order valence-corrected chi connectivity index (χ0v) is 12.3. The van der Waals surface area contributed by atoms with Crippen LogP contribution >= 0.6 is 23.2 Å². The fourth-order valence-electron chi connectivity index (χ4n) is 2.15. The Balaban J connectivity index is 1.93. The molecule has 0 saturated carbocycles. The third-order valence-corrected chi connectivity index (χ3v) is 3.50. The van der Waals surface area contributed by atoms with Crippen LogP contribution in [0.5, 0.6) is 0 Å². The highest BCUT2D eigenvalue weighted by atomic mass is 35.5. The van der Waals surface area contributed by atoms with Gasteiger partial charge in [-0.15, -0.1) is 11.6 Å². The molecule has 2 heterocycles. The zero-order chi connectivity index (χ0) is 14.1. The van der Waals surface area contributed by atoms with Crippen LogP contribution in [0.4, 0.5) is 0 Å². The Kier molecular flexibility index (Phi) is 3.63. The number of hydrogen-bond acceptors (Lipinski definition) is 4. The molecule has 2 aromatic heterocycles. The van der Waals surface area contributed by atoms with Crippen LogP contribution in [-0.4, -0.2) is 19.7 Å². The van der Waals surface area contributed by atoms with Gasteiger partial charge in [0.1, 0.15) is 5.82 Å². The monoisotopic (exact) mass is 310 g/mol. The molecule has 0 unspecified atom stereocenters. The first-order chi connectivity index (χ1) is 9.67. The summed E-state index contributed by atoms with van der Waals surface area (Å²) < 4.78 is 7.17. The maximum absolute atomic E-state index is 5.98. The lowest BCUT2D eigenvalue weighted by molar-refractivity contribution is 0.368. The van der Waals surface area contributed by atoms with Gasteiger partial charge in [-0.1, -0.05) is 16.8 Å². The standard InChI is InChI=1S/C13H12Cl2N4O/c1-8-16-13(20-18-8)4-5-19-11-3-2-9(15)6-10(11)17-12(19)7-14/h2-3,6H,4-5,7H2,1H3. The first-order valence-electron chi connectivity index (χ1n) is 6.17. The summed E-state index contributed by atoms with van der Waals surface area (Å²) in [6, 6.07) is 5.62. The van der Waals surface area contributed by atoms with Gasteiger partial charge in [0.15, 0.2) is 5.82 Å². The Morgan fingerprint density at radius 1 is 1.30 bits per heavy atom. The number of rotatable bonds is 4. The Morgan fingerprint density at radius 3 is 2.85 bits per heavy atom. The molecule has 0 N–H and O–H groups in total. The van der Waals surface area contributed by atoms with E-state index >= 15 is 0 Å². The smallest absolute Gasteiger partial charge is 0.228 e. The number of imidazole rings is 1. The number of aryl methyl sites for hydroxylation is 3. The zero-order valence-electron chi connectivity index (χ0n) is 10.8. The second-order valence-corrected chi connectivity index (χ2v) is 5.14. The average molecular weight is 311 g/mol. The summed E-state index contributed by atoms with van der Waals surface area (Å²) in [5.41, 5.74) is 1.84. The number of aromatic nitrogens is 4. The lowest BCUT2D eigenvalue weighted by Gasteiger charge is -2.05. The molecule has 0 bridgehead atoms. The van der Waals surface area contributed by atoms with Crippen molar-refractivity contribution in [1.29, 1.82) is 0 Å². The van der Waals surface area contributed by atoms with E-state index in [0.29, 0.717) is 35.6 Å². The molecule has 1 aromatic carbocycles. The first kappa shape index (κ1) is 13.4. The molecule has 5 nitrogen and oxygen atoms in total. The largest absolute Gasteiger partial charge is 0.339 e. The molecule has 0 aliphatic carbocycles. The van der Waals surface area contributed by atoms with E-state index in [2.05, 4.69) is 19.7 Å². The predicted octanol–water partition coefficient (Wildman–Crippen LogP) is 3.36. The summed E-state index contributed by atoms with van der Waals surface area (Å²) in [7, 11) is 0. The summed E-state index contributed by atoms with van der Waals surface area (Å²) in [4.78, 5) is 8.68. The Labute approximate surface area is 125 Å². The van der Waals surface area contributed by atoms with Crippen molar-refractivity contribution in [3.8, 4) is 0 Å². The molecule has 0 spiro atoms. The first-order valence-corrected chi connectivity index (χ1v) is 7.08. The number of nitrogens with zero attached hydrogens (tertiary/aromatic N) is 4. The van der Waals surface area contributed by atoms with Crippen LogP contribution < -0.4 is 0 Å². The highest BCUT2D eigenvalue weighted by Gasteiger charge is 2.12. The second-order valence-electron chi connectivity index (χ2n) is 4.43. The number of fused-ring (bicyclic) bond motifs is 1. The van der Waals surface area contributed by atoms with Gasteiger partial charge in [0.2, 0.25) is 5.89 Å². The molecule has 7 heteroatoms. The van der Waals surface area contributed by atoms with E-state index in [9.17, 15) is 0 Å². The van der Waals surface area contributed by atoms with E-state index in [0.717, 1.165) is 16.9 Å². The van der Waals surface area contributed by atoms with Crippen LogP contribution in [0.1, 0.15) is 17.5 Å². The van der Waals surface area contributed by atoms with Crippen LogP contribution in [0.2, 0.25) is 5.02 Å². The molecule has 0 aliphatic rings. The van der Waals surface area contributed by atoms with Crippen molar-refractivity contribution in [2.24, 2.45) is 0 Å². The minimum Gasteiger partial charge on any atom is -0.339 e. The van der Waals surface area contributed by atoms with Crippen LogP contribution in [-0.2, 0) is 18.8 Å². The molecule has 20 heavy (non-hydrogen) atoms. The summed E-state index contributed by atoms with van der Waals surface area (Å²) in [6.45, 7) is 2.48. The van der Waals surface area contributed by atoms with Crippen LogP contribution in [0.25, 0.3) is 11.0 Å². The molecule has 3 rings (SSSR count). The number of alkyl halides is 1. The second kappa shape index (κ2) is 5.42. The Morgan fingerprint density at radius 2 is 2.15 bits per heavy atom. The van der Waals surface area contributed by atoms with Crippen molar-refractivity contribution in [2.75, 3.05) is 0 Å². The van der Waals surface area contributed by atoms with Crippen molar-refractivity contribution in [3.05, 3.63) is 40.8 Å². The number of hydrogen-bond donors (Lipinski definition) is 0. The van der Waals surface area contributed by atoms with E-state index in [1.807, 2.05) is 18.2 Å². The third-order valence-electron chi connectivity index (χ3n) is 3.03. The van der Waals surface area contributed by atoms with Crippen molar-refractivity contribution < 1.29 is 4.52 Å². The van der Waals surface area contributed by atoms with Gasteiger partial charge in [-0.25, -0.2) is 4.98 Å². The Hall–Kier alpha value is -1.59. The highest BCUT2D eigenvalue weighted by molar-refractivity contribution is 6.31. The summed E-state index contributed by atoms with van der Waals surface area (Å²) in [6.07, 6.45) is 0.638. The lowest BCUT2D eigenvalue weighted by atomic mass is 10.3. The van der Waals surface area contributed by atoms with Crippen molar-refractivity contribution >= 4 is 34.2 Å². The molecule has 104 valence electrons. The normalized spacial score (nSPS) is 11.3. The van der Waals surface area contributed by atoms with Crippen molar-refractivity contribution in [2.45, 2.75) is 25.8 Å². The maximum Gasteiger partial charge on any atom is 0.228 e. The van der Waals surface area contributed by atoms with Gasteiger partial charge in [-0.2, -0.15) is 4.98 Å². The SMILES string of the molecule is Cc1noc(CCn2c(CCl)nc3cc(Cl)ccc32)n1. The summed E-state index contributed by atoms with van der Waals surface area (Å²) in [5, 5.41) is 4.44. The third kappa shape index (κ3) is 2.51. The predicted molar refractivity (Wildman–Crippen MR) is 77.0 cm³/mol. The molecular formula is C13H12Cl2N4O. The van der Waals surface area contributed by atoms with Gasteiger partial charge in [0.25, 0.3) is 0 Å². The molecule has 0 radical (unpaired) electrons. The van der Waals surface area contributed by atoms with Gasteiger partial charge in [-0.05, 0) is 25.1 Å². The van der Waals surface area contributed by atoms with Gasteiger partial charge < -0.3 is 9.09 Å². The quantitative estimate of drug-likeness (QED) is 0.693. The van der Waals surface area contributed by atoms with Gasteiger partial charge in [0.05, 0.1) is 16.9 Å².